The number of imidazole rings is 1. The first-order chi connectivity index (χ1) is 10.3. The van der Waals surface area contributed by atoms with E-state index in [1.54, 1.807) is 0 Å². The van der Waals surface area contributed by atoms with Crippen molar-refractivity contribution in [1.29, 1.82) is 0 Å². The Morgan fingerprint density at radius 2 is 2.00 bits per heavy atom. The molecule has 1 saturated carbocycles. The van der Waals surface area contributed by atoms with Crippen molar-refractivity contribution in [2.75, 3.05) is 38.6 Å². The summed E-state index contributed by atoms with van der Waals surface area (Å²) in [4.78, 5) is 7.30. The van der Waals surface area contributed by atoms with Crippen molar-refractivity contribution in [3.05, 3.63) is 24.0 Å². The van der Waals surface area contributed by atoms with Crippen molar-refractivity contribution in [2.45, 2.75) is 25.3 Å². The molecule has 1 aliphatic heterocycles. The van der Waals surface area contributed by atoms with E-state index in [2.05, 4.69) is 15.5 Å². The lowest BCUT2D eigenvalue weighted by molar-refractivity contribution is 0.0364. The summed E-state index contributed by atoms with van der Waals surface area (Å²) in [5.74, 6) is 1.87. The second-order valence-corrected chi connectivity index (χ2v) is 6.06. The molecule has 1 aromatic carbocycles. The molecule has 112 valence electrons. The second kappa shape index (κ2) is 5.31. The number of nitrogens with two attached hydrogens (primary N) is 1. The molecule has 0 spiro atoms. The van der Waals surface area contributed by atoms with Gasteiger partial charge in [-0.05, 0) is 25.0 Å². The van der Waals surface area contributed by atoms with E-state index in [1.807, 2.05) is 12.1 Å². The van der Waals surface area contributed by atoms with Crippen molar-refractivity contribution < 1.29 is 4.74 Å². The van der Waals surface area contributed by atoms with Gasteiger partial charge in [-0.1, -0.05) is 6.07 Å². The molecule has 4 rings (SSSR count). The average Bonchev–Trinajstić information content (AvgIpc) is 3.28. The van der Waals surface area contributed by atoms with E-state index in [-0.39, 0.29) is 0 Å². The fourth-order valence-corrected chi connectivity index (χ4v) is 3.14. The van der Waals surface area contributed by atoms with Crippen LogP contribution < -0.4 is 5.73 Å². The summed E-state index contributed by atoms with van der Waals surface area (Å²) >= 11 is 0. The lowest BCUT2D eigenvalue weighted by Crippen LogP contribution is -2.38. The summed E-state index contributed by atoms with van der Waals surface area (Å²) in [5.41, 5.74) is 9.05. The maximum absolute atomic E-state index is 6.10. The minimum atomic E-state index is 0.640. The van der Waals surface area contributed by atoms with E-state index in [0.717, 1.165) is 50.6 Å². The molecule has 5 heteroatoms. The number of anilines is 1. The van der Waals surface area contributed by atoms with E-state index in [0.29, 0.717) is 5.92 Å². The fraction of sp³-hybridized carbons (Fsp3) is 0.562. The number of fused-ring (bicyclic) bond motifs is 1. The number of benzene rings is 1. The van der Waals surface area contributed by atoms with Crippen LogP contribution in [0.25, 0.3) is 11.0 Å². The minimum absolute atomic E-state index is 0.640. The second-order valence-electron chi connectivity index (χ2n) is 6.06. The van der Waals surface area contributed by atoms with Gasteiger partial charge >= 0.3 is 0 Å². The standard InChI is InChI=1S/C16H22N4O/c17-13-2-1-3-14-15(13)18-16(12-4-5-12)20(14)7-6-19-8-10-21-11-9-19/h1-3,12H,4-11,17H2. The molecule has 2 aliphatic rings. The highest BCUT2D eigenvalue weighted by atomic mass is 16.5. The number of ether oxygens (including phenoxy) is 1. The van der Waals surface area contributed by atoms with Gasteiger partial charge in [-0.25, -0.2) is 4.98 Å². The fourth-order valence-electron chi connectivity index (χ4n) is 3.14. The van der Waals surface area contributed by atoms with E-state index >= 15 is 0 Å². The van der Waals surface area contributed by atoms with Crippen LogP contribution in [0.4, 0.5) is 5.69 Å². The maximum atomic E-state index is 6.10. The Morgan fingerprint density at radius 3 is 2.76 bits per heavy atom. The molecule has 2 heterocycles. The molecule has 0 amide bonds. The van der Waals surface area contributed by atoms with Crippen molar-refractivity contribution in [2.24, 2.45) is 0 Å². The van der Waals surface area contributed by atoms with Crippen molar-refractivity contribution in [3.63, 3.8) is 0 Å². The Balaban J connectivity index is 1.62. The summed E-state index contributed by atoms with van der Waals surface area (Å²) in [7, 11) is 0. The van der Waals surface area contributed by atoms with Crippen molar-refractivity contribution >= 4 is 16.7 Å². The van der Waals surface area contributed by atoms with Gasteiger partial charge in [0.1, 0.15) is 11.3 Å². The smallest absolute Gasteiger partial charge is 0.113 e. The van der Waals surface area contributed by atoms with E-state index in [1.165, 1.54) is 24.2 Å². The first kappa shape index (κ1) is 13.1. The Bertz CT molecular complexity index is 641. The predicted octanol–water partition coefficient (Wildman–Crippen LogP) is 1.83. The van der Waals surface area contributed by atoms with Gasteiger partial charge in [0.2, 0.25) is 0 Å². The zero-order valence-corrected chi connectivity index (χ0v) is 12.3. The quantitative estimate of drug-likeness (QED) is 0.871. The number of para-hydroxylation sites is 1. The number of morpholine rings is 1. The van der Waals surface area contributed by atoms with Gasteiger partial charge in [0.25, 0.3) is 0 Å². The molecule has 0 atom stereocenters. The Hall–Kier alpha value is -1.59. The van der Waals surface area contributed by atoms with E-state index in [4.69, 9.17) is 15.5 Å². The van der Waals surface area contributed by atoms with Gasteiger partial charge in [-0.3, -0.25) is 4.90 Å². The van der Waals surface area contributed by atoms with Crippen LogP contribution in [-0.4, -0.2) is 47.3 Å². The van der Waals surface area contributed by atoms with Gasteiger partial charge in [-0.2, -0.15) is 0 Å². The molecular weight excluding hydrogens is 264 g/mol. The van der Waals surface area contributed by atoms with Crippen LogP contribution in [0, 0.1) is 0 Å². The molecule has 0 radical (unpaired) electrons. The van der Waals surface area contributed by atoms with Gasteiger partial charge < -0.3 is 15.0 Å². The normalized spacial score (nSPS) is 20.2. The van der Waals surface area contributed by atoms with Crippen molar-refractivity contribution in [1.82, 2.24) is 14.5 Å². The van der Waals surface area contributed by atoms with Crippen LogP contribution in [-0.2, 0) is 11.3 Å². The zero-order chi connectivity index (χ0) is 14.2. The zero-order valence-electron chi connectivity index (χ0n) is 12.3. The van der Waals surface area contributed by atoms with Gasteiger partial charge in [-0.15, -0.1) is 0 Å². The SMILES string of the molecule is Nc1cccc2c1nc(C1CC1)n2CCN1CCOCC1. The number of nitrogen functional groups attached to an aromatic ring is 1. The minimum Gasteiger partial charge on any atom is -0.397 e. The molecule has 0 unspecified atom stereocenters. The highest BCUT2D eigenvalue weighted by molar-refractivity contribution is 5.87. The number of aromatic nitrogens is 2. The van der Waals surface area contributed by atoms with Gasteiger partial charge in [0.15, 0.2) is 0 Å². The number of hydrogen-bond donors (Lipinski definition) is 1. The molecule has 1 saturated heterocycles. The Labute approximate surface area is 124 Å². The number of hydrogen-bond acceptors (Lipinski definition) is 4. The molecule has 0 bridgehead atoms. The summed E-state index contributed by atoms with van der Waals surface area (Å²) in [5, 5.41) is 0. The number of rotatable bonds is 4. The monoisotopic (exact) mass is 286 g/mol. The van der Waals surface area contributed by atoms with Gasteiger partial charge in [0, 0.05) is 32.1 Å². The molecule has 21 heavy (non-hydrogen) atoms. The Kier molecular flexibility index (Phi) is 3.31. The highest BCUT2D eigenvalue weighted by Crippen LogP contribution is 2.41. The molecule has 2 N–H and O–H groups in total. The third-order valence-corrected chi connectivity index (χ3v) is 4.53. The molecular formula is C16H22N4O. The van der Waals surface area contributed by atoms with Crippen LogP contribution in [0.15, 0.2) is 18.2 Å². The lowest BCUT2D eigenvalue weighted by Gasteiger charge is -2.27. The van der Waals surface area contributed by atoms with Crippen LogP contribution in [0.5, 0.6) is 0 Å². The van der Waals surface area contributed by atoms with Gasteiger partial charge in [0.05, 0.1) is 24.4 Å². The molecule has 2 aromatic rings. The molecule has 2 fully saturated rings. The van der Waals surface area contributed by atoms with Crippen LogP contribution in [0.1, 0.15) is 24.6 Å². The molecule has 5 nitrogen and oxygen atoms in total. The lowest BCUT2D eigenvalue weighted by atomic mass is 10.2. The number of nitrogens with zero attached hydrogens (tertiary/aromatic N) is 3. The van der Waals surface area contributed by atoms with Crippen LogP contribution in [0.2, 0.25) is 0 Å². The van der Waals surface area contributed by atoms with E-state index < -0.39 is 0 Å². The Morgan fingerprint density at radius 1 is 1.19 bits per heavy atom. The van der Waals surface area contributed by atoms with Crippen LogP contribution >= 0.6 is 0 Å². The summed E-state index contributed by atoms with van der Waals surface area (Å²) < 4.78 is 7.81. The average molecular weight is 286 g/mol. The van der Waals surface area contributed by atoms with E-state index in [9.17, 15) is 0 Å². The van der Waals surface area contributed by atoms with Crippen LogP contribution in [0.3, 0.4) is 0 Å². The topological polar surface area (TPSA) is 56.3 Å². The maximum Gasteiger partial charge on any atom is 0.113 e. The third-order valence-electron chi connectivity index (χ3n) is 4.53. The largest absolute Gasteiger partial charge is 0.397 e. The first-order valence-electron chi connectivity index (χ1n) is 7.87. The summed E-state index contributed by atoms with van der Waals surface area (Å²) in [6.45, 7) is 5.83. The summed E-state index contributed by atoms with van der Waals surface area (Å²) in [6.07, 6.45) is 2.53. The third kappa shape index (κ3) is 2.51. The highest BCUT2D eigenvalue weighted by Gasteiger charge is 2.30. The predicted molar refractivity (Wildman–Crippen MR) is 83.4 cm³/mol. The molecule has 1 aliphatic carbocycles. The summed E-state index contributed by atoms with van der Waals surface area (Å²) in [6, 6.07) is 6.11. The van der Waals surface area contributed by atoms with Crippen molar-refractivity contribution in [3.8, 4) is 0 Å². The first-order valence-corrected chi connectivity index (χ1v) is 7.87. The molecule has 1 aromatic heterocycles.